The van der Waals surface area contributed by atoms with Crippen LogP contribution < -0.4 is 9.62 Å². The number of hydrogen-bond acceptors (Lipinski definition) is 3. The zero-order valence-corrected chi connectivity index (χ0v) is 19.2. The topological polar surface area (TPSA) is 66.5 Å². The number of aryl methyl sites for hydroxylation is 3. The van der Waals surface area contributed by atoms with Gasteiger partial charge in [-0.3, -0.25) is 9.10 Å². The lowest BCUT2D eigenvalue weighted by atomic mass is 10.0. The first-order valence-corrected chi connectivity index (χ1v) is 12.5. The number of nitrogens with one attached hydrogen (secondary N) is 1. The third kappa shape index (κ3) is 4.55. The van der Waals surface area contributed by atoms with Gasteiger partial charge >= 0.3 is 0 Å². The molecule has 0 heterocycles. The van der Waals surface area contributed by atoms with Gasteiger partial charge < -0.3 is 5.32 Å². The predicted molar refractivity (Wildman–Crippen MR) is 128 cm³/mol. The zero-order chi connectivity index (χ0) is 22.2. The normalized spacial score (nSPS) is 12.9. The number of amides is 1. The molecule has 162 valence electrons. The van der Waals surface area contributed by atoms with E-state index in [9.17, 15) is 13.2 Å². The van der Waals surface area contributed by atoms with E-state index in [1.54, 1.807) is 18.2 Å². The minimum Gasteiger partial charge on any atom is -0.326 e. The van der Waals surface area contributed by atoms with Crippen molar-refractivity contribution in [3.63, 3.8) is 0 Å². The van der Waals surface area contributed by atoms with Crippen molar-refractivity contribution in [2.24, 2.45) is 0 Å². The van der Waals surface area contributed by atoms with Crippen LogP contribution in [0.4, 0.5) is 11.4 Å². The van der Waals surface area contributed by atoms with Crippen LogP contribution >= 0.6 is 11.6 Å². The number of benzene rings is 3. The Kier molecular flexibility index (Phi) is 5.95. The van der Waals surface area contributed by atoms with Crippen LogP contribution in [0.3, 0.4) is 0 Å². The lowest BCUT2D eigenvalue weighted by Gasteiger charge is -2.24. The molecular weight excluding hydrogens is 432 g/mol. The molecular formula is C24H25ClN2O3S. The summed E-state index contributed by atoms with van der Waals surface area (Å²) < 4.78 is 26.0. The van der Waals surface area contributed by atoms with Crippen molar-refractivity contribution in [2.45, 2.75) is 32.6 Å². The first-order chi connectivity index (χ1) is 14.7. The van der Waals surface area contributed by atoms with Gasteiger partial charge in [0, 0.05) is 29.1 Å². The van der Waals surface area contributed by atoms with Gasteiger partial charge in [0.05, 0.1) is 11.9 Å². The van der Waals surface area contributed by atoms with Crippen molar-refractivity contribution in [3.8, 4) is 0 Å². The van der Waals surface area contributed by atoms with Crippen molar-refractivity contribution in [1.82, 2.24) is 0 Å². The molecule has 0 atom stereocenters. The fourth-order valence-corrected chi connectivity index (χ4v) is 5.56. The molecule has 1 amide bonds. The molecule has 0 radical (unpaired) electrons. The van der Waals surface area contributed by atoms with E-state index in [2.05, 4.69) is 17.4 Å². The molecule has 0 aromatic heterocycles. The number of rotatable bonds is 7. The van der Waals surface area contributed by atoms with Gasteiger partial charge in [0.2, 0.25) is 15.9 Å². The van der Waals surface area contributed by atoms with Gasteiger partial charge in [0.15, 0.2) is 0 Å². The molecule has 31 heavy (non-hydrogen) atoms. The summed E-state index contributed by atoms with van der Waals surface area (Å²) in [6.07, 6.45) is 3.88. The number of sulfonamides is 1. The summed E-state index contributed by atoms with van der Waals surface area (Å²) in [6.45, 7) is 2.04. The van der Waals surface area contributed by atoms with Gasteiger partial charge in [-0.25, -0.2) is 8.42 Å². The SMILES string of the molecule is Cc1cc(Cl)ccc1N(CCCC(=O)Nc1ccc2c3c(cccc13)CC2)S(C)(=O)=O. The Hall–Kier alpha value is -2.57. The lowest BCUT2D eigenvalue weighted by Crippen LogP contribution is -2.32. The average molecular weight is 457 g/mol. The Balaban J connectivity index is 1.45. The quantitative estimate of drug-likeness (QED) is 0.538. The summed E-state index contributed by atoms with van der Waals surface area (Å²) in [6, 6.07) is 15.4. The van der Waals surface area contributed by atoms with Gasteiger partial charge in [0.1, 0.15) is 0 Å². The summed E-state index contributed by atoms with van der Waals surface area (Å²) in [5.74, 6) is -0.125. The van der Waals surface area contributed by atoms with Crippen LogP contribution in [0.5, 0.6) is 0 Å². The second kappa shape index (κ2) is 8.52. The zero-order valence-electron chi connectivity index (χ0n) is 17.6. The minimum absolute atomic E-state index is 0.125. The van der Waals surface area contributed by atoms with Gasteiger partial charge in [-0.15, -0.1) is 0 Å². The van der Waals surface area contributed by atoms with Crippen molar-refractivity contribution in [2.75, 3.05) is 22.4 Å². The van der Waals surface area contributed by atoms with E-state index in [0.29, 0.717) is 17.1 Å². The number of nitrogens with zero attached hydrogens (tertiary/aromatic N) is 1. The Morgan fingerprint density at radius 1 is 1.10 bits per heavy atom. The third-order valence-corrected chi connectivity index (χ3v) is 7.16. The lowest BCUT2D eigenvalue weighted by molar-refractivity contribution is -0.116. The molecule has 0 spiro atoms. The molecule has 3 aromatic rings. The number of carbonyl (C=O) groups excluding carboxylic acids is 1. The molecule has 0 aliphatic heterocycles. The molecule has 1 aliphatic rings. The van der Waals surface area contributed by atoms with Gasteiger partial charge in [-0.1, -0.05) is 35.9 Å². The molecule has 0 bridgehead atoms. The van der Waals surface area contributed by atoms with Crippen LogP contribution in [0, 0.1) is 6.92 Å². The van der Waals surface area contributed by atoms with E-state index in [1.165, 1.54) is 27.1 Å². The fourth-order valence-electron chi connectivity index (χ4n) is 4.32. The van der Waals surface area contributed by atoms with E-state index in [4.69, 9.17) is 11.6 Å². The maximum atomic E-state index is 12.6. The number of carbonyl (C=O) groups is 1. The van der Waals surface area contributed by atoms with Crippen molar-refractivity contribution in [1.29, 1.82) is 0 Å². The van der Waals surface area contributed by atoms with Crippen molar-refractivity contribution in [3.05, 3.63) is 70.2 Å². The molecule has 1 aliphatic carbocycles. The summed E-state index contributed by atoms with van der Waals surface area (Å²) in [4.78, 5) is 12.6. The van der Waals surface area contributed by atoms with Crippen LogP contribution in [0.2, 0.25) is 5.02 Å². The van der Waals surface area contributed by atoms with E-state index in [0.717, 1.165) is 29.5 Å². The van der Waals surface area contributed by atoms with Crippen LogP contribution in [0.1, 0.15) is 29.5 Å². The number of anilines is 2. The summed E-state index contributed by atoms with van der Waals surface area (Å²) >= 11 is 6.00. The van der Waals surface area contributed by atoms with E-state index in [-0.39, 0.29) is 18.9 Å². The molecule has 0 saturated heterocycles. The number of hydrogen-bond donors (Lipinski definition) is 1. The molecule has 0 fully saturated rings. The minimum atomic E-state index is -3.48. The van der Waals surface area contributed by atoms with E-state index >= 15 is 0 Å². The average Bonchev–Trinajstić information content (AvgIpc) is 3.12. The predicted octanol–water partition coefficient (Wildman–Crippen LogP) is 5.09. The van der Waals surface area contributed by atoms with Crippen LogP contribution in [0.15, 0.2) is 48.5 Å². The third-order valence-electron chi connectivity index (χ3n) is 5.74. The molecule has 0 saturated carbocycles. The molecule has 0 unspecified atom stereocenters. The maximum Gasteiger partial charge on any atom is 0.232 e. The van der Waals surface area contributed by atoms with Gasteiger partial charge in [-0.05, 0) is 72.5 Å². The Bertz CT molecular complexity index is 1260. The molecule has 1 N–H and O–H groups in total. The van der Waals surface area contributed by atoms with Crippen LogP contribution in [-0.2, 0) is 27.7 Å². The van der Waals surface area contributed by atoms with E-state index in [1.807, 2.05) is 25.1 Å². The van der Waals surface area contributed by atoms with Crippen LogP contribution in [0.25, 0.3) is 10.8 Å². The van der Waals surface area contributed by atoms with Gasteiger partial charge in [-0.2, -0.15) is 0 Å². The smallest absolute Gasteiger partial charge is 0.232 e. The highest BCUT2D eigenvalue weighted by atomic mass is 35.5. The Labute approximate surface area is 188 Å². The van der Waals surface area contributed by atoms with E-state index < -0.39 is 10.0 Å². The standard InChI is InChI=1S/C24H25ClN2O3S/c1-16-15-19(25)11-13-22(16)27(31(2,29)30)14-4-7-23(28)26-21-12-10-18-9-8-17-5-3-6-20(21)24(17)18/h3,5-6,10-13,15H,4,7-9,14H2,1-2H3,(H,26,28). The highest BCUT2D eigenvalue weighted by molar-refractivity contribution is 7.92. The number of halogens is 1. The molecule has 7 heteroatoms. The maximum absolute atomic E-state index is 12.6. The first kappa shape index (κ1) is 21.7. The van der Waals surface area contributed by atoms with Crippen molar-refractivity contribution < 1.29 is 13.2 Å². The summed E-state index contributed by atoms with van der Waals surface area (Å²) in [5.41, 5.74) is 4.81. The summed E-state index contributed by atoms with van der Waals surface area (Å²) in [5, 5.41) is 5.89. The molecule has 5 nitrogen and oxygen atoms in total. The fraction of sp³-hybridized carbons (Fsp3) is 0.292. The Morgan fingerprint density at radius 3 is 2.55 bits per heavy atom. The highest BCUT2D eigenvalue weighted by Crippen LogP contribution is 2.35. The van der Waals surface area contributed by atoms with Gasteiger partial charge in [0.25, 0.3) is 0 Å². The second-order valence-electron chi connectivity index (χ2n) is 8.03. The Morgan fingerprint density at radius 2 is 1.84 bits per heavy atom. The highest BCUT2D eigenvalue weighted by Gasteiger charge is 2.20. The van der Waals surface area contributed by atoms with Crippen LogP contribution in [-0.4, -0.2) is 27.1 Å². The first-order valence-electron chi connectivity index (χ1n) is 10.3. The second-order valence-corrected chi connectivity index (χ2v) is 10.4. The summed E-state index contributed by atoms with van der Waals surface area (Å²) in [7, 11) is -3.48. The monoisotopic (exact) mass is 456 g/mol. The van der Waals surface area contributed by atoms with Crippen molar-refractivity contribution >= 4 is 49.7 Å². The largest absolute Gasteiger partial charge is 0.326 e. The molecule has 3 aromatic carbocycles. The molecule has 4 rings (SSSR count).